The number of aliphatic hydroxyl groups excluding tert-OH is 1. The van der Waals surface area contributed by atoms with Crippen molar-refractivity contribution >= 4 is 17.7 Å². The van der Waals surface area contributed by atoms with Crippen LogP contribution in [0.15, 0.2) is 23.8 Å². The molecule has 1 aromatic rings. The van der Waals surface area contributed by atoms with E-state index in [1.54, 1.807) is 19.1 Å². The van der Waals surface area contributed by atoms with E-state index in [1.807, 2.05) is 0 Å². The minimum absolute atomic E-state index is 0.00100. The molecule has 198 valence electrons. The van der Waals surface area contributed by atoms with Crippen LogP contribution in [0.3, 0.4) is 0 Å². The number of phenols is 2. The highest BCUT2D eigenvalue weighted by Gasteiger charge is 2.67. The van der Waals surface area contributed by atoms with E-state index >= 15 is 0 Å². The summed E-state index contributed by atoms with van der Waals surface area (Å²) < 4.78 is 0. The van der Waals surface area contributed by atoms with Gasteiger partial charge >= 0.3 is 0 Å². The zero-order valence-electron chi connectivity index (χ0n) is 22.6. The molecule has 36 heavy (non-hydrogen) atoms. The van der Waals surface area contributed by atoms with Gasteiger partial charge < -0.3 is 21.1 Å². The van der Waals surface area contributed by atoms with Crippen LogP contribution in [0, 0.1) is 27.6 Å². The molecule has 1 amide bonds. The molecular formula is C30H43NO4S. The maximum atomic E-state index is 12.6. The zero-order valence-corrected chi connectivity index (χ0v) is 23.5. The maximum Gasteiger partial charge on any atom is 0.223 e. The highest BCUT2D eigenvalue weighted by atomic mass is 32.2. The number of allylic oxidation sites excluding steroid dienone is 1. The lowest BCUT2D eigenvalue weighted by molar-refractivity contribution is -0.166. The Hall–Kier alpha value is -1.66. The van der Waals surface area contributed by atoms with Gasteiger partial charge in [0.1, 0.15) is 0 Å². The molecular weight excluding hydrogens is 470 g/mol. The van der Waals surface area contributed by atoms with Crippen LogP contribution in [0.1, 0.15) is 103 Å². The predicted molar refractivity (Wildman–Crippen MR) is 145 cm³/mol. The highest BCUT2D eigenvalue weighted by molar-refractivity contribution is 8.00. The fourth-order valence-corrected chi connectivity index (χ4v) is 9.90. The number of nitrogens with two attached hydrogens (primary N) is 1. The molecule has 0 aromatic heterocycles. The molecule has 3 fully saturated rings. The van der Waals surface area contributed by atoms with Crippen molar-refractivity contribution in [3.8, 4) is 11.5 Å². The Kier molecular flexibility index (Phi) is 5.72. The molecule has 1 aromatic carbocycles. The van der Waals surface area contributed by atoms with Crippen molar-refractivity contribution in [2.24, 2.45) is 33.3 Å². The third kappa shape index (κ3) is 3.35. The molecule has 0 spiro atoms. The number of primary amides is 1. The summed E-state index contributed by atoms with van der Waals surface area (Å²) in [5.41, 5.74) is 8.21. The van der Waals surface area contributed by atoms with E-state index < -0.39 is 10.9 Å². The first-order chi connectivity index (χ1) is 16.6. The molecule has 5 N–H and O–H groups in total. The zero-order chi connectivity index (χ0) is 26.5. The van der Waals surface area contributed by atoms with Gasteiger partial charge in [-0.3, -0.25) is 4.79 Å². The normalized spacial score (nSPS) is 44.4. The van der Waals surface area contributed by atoms with Crippen LogP contribution in [-0.4, -0.2) is 26.7 Å². The summed E-state index contributed by atoms with van der Waals surface area (Å²) in [6.45, 7) is 13.5. The van der Waals surface area contributed by atoms with Gasteiger partial charge in [-0.15, -0.1) is 11.8 Å². The summed E-state index contributed by atoms with van der Waals surface area (Å²) in [7, 11) is 0. The fourth-order valence-electron chi connectivity index (χ4n) is 8.92. The van der Waals surface area contributed by atoms with Gasteiger partial charge in [0.2, 0.25) is 5.91 Å². The molecule has 3 saturated carbocycles. The monoisotopic (exact) mass is 513 g/mol. The van der Waals surface area contributed by atoms with E-state index in [0.29, 0.717) is 5.92 Å². The van der Waals surface area contributed by atoms with Crippen LogP contribution < -0.4 is 5.73 Å². The van der Waals surface area contributed by atoms with Crippen LogP contribution in [0.5, 0.6) is 11.5 Å². The molecule has 0 saturated heterocycles. The molecule has 4 aliphatic carbocycles. The quantitative estimate of drug-likeness (QED) is 0.216. The minimum atomic E-state index is -0.563. The Labute approximate surface area is 219 Å². The Morgan fingerprint density at radius 3 is 2.28 bits per heavy atom. The van der Waals surface area contributed by atoms with E-state index in [0.717, 1.165) is 56.1 Å². The Morgan fingerprint density at radius 2 is 1.64 bits per heavy atom. The van der Waals surface area contributed by atoms with Gasteiger partial charge in [-0.25, -0.2) is 0 Å². The molecule has 0 bridgehead atoms. The predicted octanol–water partition coefficient (Wildman–Crippen LogP) is 6.31. The van der Waals surface area contributed by atoms with E-state index in [9.17, 15) is 20.1 Å². The van der Waals surface area contributed by atoms with Gasteiger partial charge in [0.05, 0.1) is 10.7 Å². The largest absolute Gasteiger partial charge is 0.504 e. The second kappa shape index (κ2) is 7.92. The third-order valence-corrected chi connectivity index (χ3v) is 12.7. The summed E-state index contributed by atoms with van der Waals surface area (Å²) >= 11 is 1.47. The topological polar surface area (TPSA) is 104 Å². The SMILES string of the molecule is CC(O)SC1C=C2[C@@](C)(CC[C@@]3(C)[C@@H]4C[C@](C)(C(N)=O)CC[C@]4(C)CC[C@]23C)c2cc(O)c(O)cc21. The Balaban J connectivity index is 1.67. The number of aromatic hydroxyl groups is 2. The number of benzene rings is 1. The molecule has 5 nitrogen and oxygen atoms in total. The number of hydrogen-bond donors (Lipinski definition) is 4. The van der Waals surface area contributed by atoms with Gasteiger partial charge in [0, 0.05) is 10.8 Å². The van der Waals surface area contributed by atoms with Crippen LogP contribution in [0.2, 0.25) is 0 Å². The number of carbonyl (C=O) groups excluding carboxylic acids is 1. The molecule has 0 radical (unpaired) electrons. The van der Waals surface area contributed by atoms with Crippen molar-refractivity contribution < 1.29 is 20.1 Å². The molecule has 6 heteroatoms. The Bertz CT molecular complexity index is 1150. The van der Waals surface area contributed by atoms with Crippen molar-refractivity contribution in [2.45, 2.75) is 103 Å². The van der Waals surface area contributed by atoms with Gasteiger partial charge in [0.15, 0.2) is 11.5 Å². The van der Waals surface area contributed by atoms with E-state index in [2.05, 4.69) is 40.7 Å². The number of phenolic OH excluding ortho intramolecular Hbond substituents is 2. The molecule has 4 aliphatic rings. The van der Waals surface area contributed by atoms with Crippen LogP contribution in [0.4, 0.5) is 0 Å². The average molecular weight is 514 g/mol. The smallest absolute Gasteiger partial charge is 0.223 e. The fraction of sp³-hybridized carbons (Fsp3) is 0.700. The number of amides is 1. The number of aliphatic hydroxyl groups is 1. The summed E-state index contributed by atoms with van der Waals surface area (Å²) in [5, 5.41) is 31.1. The lowest BCUT2D eigenvalue weighted by Gasteiger charge is -2.70. The summed E-state index contributed by atoms with van der Waals surface area (Å²) in [6.07, 6.45) is 9.28. The van der Waals surface area contributed by atoms with E-state index in [4.69, 9.17) is 5.73 Å². The van der Waals surface area contributed by atoms with Crippen LogP contribution in [0.25, 0.3) is 0 Å². The second-order valence-corrected chi connectivity index (χ2v) is 15.0. The molecule has 0 heterocycles. The van der Waals surface area contributed by atoms with E-state index in [-0.39, 0.29) is 44.3 Å². The lowest BCUT2D eigenvalue weighted by Crippen LogP contribution is -2.63. The van der Waals surface area contributed by atoms with Crippen molar-refractivity contribution in [3.05, 3.63) is 34.9 Å². The number of thioether (sulfide) groups is 1. The first-order valence-corrected chi connectivity index (χ1v) is 14.5. The first kappa shape index (κ1) is 26.0. The third-order valence-electron chi connectivity index (χ3n) is 11.6. The summed E-state index contributed by atoms with van der Waals surface area (Å²) in [4.78, 5) is 12.6. The number of fused-ring (bicyclic) bond motifs is 7. The molecule has 8 atom stereocenters. The van der Waals surface area contributed by atoms with Crippen LogP contribution >= 0.6 is 11.8 Å². The second-order valence-electron chi connectivity index (χ2n) is 13.6. The minimum Gasteiger partial charge on any atom is -0.504 e. The number of carbonyl (C=O) groups is 1. The van der Waals surface area contributed by atoms with Crippen molar-refractivity contribution in [3.63, 3.8) is 0 Å². The first-order valence-electron chi connectivity index (χ1n) is 13.5. The van der Waals surface area contributed by atoms with E-state index in [1.165, 1.54) is 17.3 Å². The summed E-state index contributed by atoms with van der Waals surface area (Å²) in [5.74, 6) is 0.0170. The van der Waals surface area contributed by atoms with Gasteiger partial charge in [-0.05, 0) is 97.3 Å². The number of rotatable bonds is 3. The van der Waals surface area contributed by atoms with Gasteiger partial charge in [0.25, 0.3) is 0 Å². The maximum absolute atomic E-state index is 12.6. The molecule has 2 unspecified atom stereocenters. The van der Waals surface area contributed by atoms with Gasteiger partial charge in [-0.1, -0.05) is 46.3 Å². The average Bonchev–Trinajstić information content (AvgIpc) is 2.79. The standard InChI is InChI=1S/C30H43NO4S/c1-17(32)36-22-15-23-28(4,19-14-21(34)20(33)13-18(19)22)10-12-30(6)24-16-27(3,25(31)35)8-7-26(24,2)9-11-29(23,30)5/h13-15,17,22,24,32-34H,7-12,16H2,1-6H3,(H2,31,35)/t17?,22?,24-,26-,27-,28+,29-,30+/m1/s1. The molecule has 0 aliphatic heterocycles. The van der Waals surface area contributed by atoms with Crippen molar-refractivity contribution in [1.29, 1.82) is 0 Å². The Morgan fingerprint density at radius 1 is 1.00 bits per heavy atom. The summed E-state index contributed by atoms with van der Waals surface area (Å²) in [6, 6.07) is 3.45. The lowest BCUT2D eigenvalue weighted by atomic mass is 9.34. The highest BCUT2D eigenvalue weighted by Crippen LogP contribution is 2.75. The number of hydrogen-bond acceptors (Lipinski definition) is 5. The van der Waals surface area contributed by atoms with Gasteiger partial charge in [-0.2, -0.15) is 0 Å². The van der Waals surface area contributed by atoms with Crippen molar-refractivity contribution in [2.75, 3.05) is 0 Å². The van der Waals surface area contributed by atoms with Crippen molar-refractivity contribution in [1.82, 2.24) is 0 Å². The molecule has 5 rings (SSSR count). The van der Waals surface area contributed by atoms with Crippen LogP contribution in [-0.2, 0) is 10.2 Å².